The van der Waals surface area contributed by atoms with Crippen LogP contribution in [0.25, 0.3) is 67.0 Å². The van der Waals surface area contributed by atoms with Crippen molar-refractivity contribution in [1.82, 2.24) is 4.98 Å². The summed E-state index contributed by atoms with van der Waals surface area (Å²) in [6, 6.07) is 88.2. The minimum Gasteiger partial charge on any atom is -0.310 e. The summed E-state index contributed by atoms with van der Waals surface area (Å²) in [6.07, 6.45) is 0. The number of benzene rings is 9. The van der Waals surface area contributed by atoms with E-state index >= 15 is 0 Å². The van der Waals surface area contributed by atoms with Crippen LogP contribution in [0.5, 0.6) is 0 Å². The Bertz CT molecular complexity index is 3210. The Balaban J connectivity index is 0.971. The second-order valence-electron chi connectivity index (χ2n) is 16.3. The number of para-hydroxylation sites is 3. The molecule has 1 aliphatic carbocycles. The number of nitrogens with zero attached hydrogens (tertiary/aromatic N) is 2. The summed E-state index contributed by atoms with van der Waals surface area (Å²) in [5.41, 5.74) is 22.0. The second kappa shape index (κ2) is 14.6. The smallest absolute Gasteiger partial charge is 0.0754 e. The molecule has 1 spiro atoms. The van der Waals surface area contributed by atoms with Gasteiger partial charge >= 0.3 is 0 Å². The molecule has 0 bridgehead atoms. The molecule has 10 aromatic rings. The first-order chi connectivity index (χ1) is 30.7. The summed E-state index contributed by atoms with van der Waals surface area (Å²) >= 11 is 0. The van der Waals surface area contributed by atoms with Crippen LogP contribution in [-0.4, -0.2) is 4.98 Å². The lowest BCUT2D eigenvalue weighted by atomic mass is 9.64. The fraction of sp³-hybridized carbons (Fsp3) is 0.0167. The van der Waals surface area contributed by atoms with Gasteiger partial charge in [-0.15, -0.1) is 0 Å². The molecule has 0 atom stereocenters. The zero-order chi connectivity index (χ0) is 41.0. The average Bonchev–Trinajstić information content (AvgIpc) is 3.65. The molecule has 1 aromatic heterocycles. The molecule has 2 heteroatoms. The van der Waals surface area contributed by atoms with Crippen LogP contribution in [0.15, 0.2) is 243 Å². The fourth-order valence-electron chi connectivity index (χ4n) is 10.1. The SMILES string of the molecule is c1ccc(-c2ccc(-c3cc(-c4ccccc4)cc(-c4ccc(-c5ccc6c(c5)C5(c7ccccc7-6)c6ccccc6N(c6ccccc6)c6ccccc65)cc4)n3)cc2)cc1. The number of hydrogen-bond acceptors (Lipinski definition) is 2. The normalized spacial score (nSPS) is 12.9. The second-order valence-corrected chi connectivity index (χ2v) is 16.3. The van der Waals surface area contributed by atoms with Crippen LogP contribution in [0.3, 0.4) is 0 Å². The van der Waals surface area contributed by atoms with Crippen molar-refractivity contribution < 1.29 is 0 Å². The van der Waals surface area contributed by atoms with Gasteiger partial charge in [0.1, 0.15) is 0 Å². The van der Waals surface area contributed by atoms with Crippen molar-refractivity contribution >= 4 is 17.1 Å². The molecule has 2 aliphatic rings. The molecule has 0 radical (unpaired) electrons. The highest BCUT2D eigenvalue weighted by atomic mass is 15.2. The van der Waals surface area contributed by atoms with E-state index in [0.717, 1.165) is 33.8 Å². The Morgan fingerprint density at radius 3 is 1.26 bits per heavy atom. The third-order valence-corrected chi connectivity index (χ3v) is 12.9. The summed E-state index contributed by atoms with van der Waals surface area (Å²) in [7, 11) is 0. The number of hydrogen-bond donors (Lipinski definition) is 0. The van der Waals surface area contributed by atoms with E-state index in [-0.39, 0.29) is 0 Å². The maximum Gasteiger partial charge on any atom is 0.0754 e. The molecular weight excluding hydrogens is 749 g/mol. The summed E-state index contributed by atoms with van der Waals surface area (Å²) in [5, 5.41) is 0. The van der Waals surface area contributed by atoms with Crippen molar-refractivity contribution in [3.63, 3.8) is 0 Å². The third kappa shape index (κ3) is 5.68. The van der Waals surface area contributed by atoms with Crippen LogP contribution >= 0.6 is 0 Å². The number of pyridine rings is 1. The molecule has 0 N–H and O–H groups in total. The van der Waals surface area contributed by atoms with Gasteiger partial charge in [0.2, 0.25) is 0 Å². The highest BCUT2D eigenvalue weighted by Gasteiger charge is 2.51. The largest absolute Gasteiger partial charge is 0.310 e. The first kappa shape index (κ1) is 35.8. The van der Waals surface area contributed by atoms with Crippen molar-refractivity contribution in [3.8, 4) is 67.0 Å². The van der Waals surface area contributed by atoms with Crippen molar-refractivity contribution in [2.45, 2.75) is 5.41 Å². The molecular formula is C60H40N2. The third-order valence-electron chi connectivity index (χ3n) is 12.9. The van der Waals surface area contributed by atoms with E-state index in [1.165, 1.54) is 72.6 Å². The Morgan fingerprint density at radius 1 is 0.274 bits per heavy atom. The lowest BCUT2D eigenvalue weighted by molar-refractivity contribution is 0.753. The number of fused-ring (bicyclic) bond motifs is 9. The number of rotatable bonds is 6. The van der Waals surface area contributed by atoms with Crippen molar-refractivity contribution in [2.75, 3.05) is 4.90 Å². The lowest BCUT2D eigenvalue weighted by Gasteiger charge is -2.45. The molecule has 0 saturated carbocycles. The van der Waals surface area contributed by atoms with Crippen LogP contribution < -0.4 is 4.90 Å². The van der Waals surface area contributed by atoms with Gasteiger partial charge in [-0.2, -0.15) is 0 Å². The van der Waals surface area contributed by atoms with Gasteiger partial charge in [-0.25, -0.2) is 4.98 Å². The molecule has 0 amide bonds. The number of anilines is 3. The standard InChI is InChI=1S/C60H40N2/c1-4-16-41(17-5-1)43-28-32-45(33-29-43)56-39-48(42-18-6-2-7-19-42)40-57(61-56)46-34-30-44(31-35-46)47-36-37-51-50-22-10-11-23-52(50)60(55(51)38-47)53-24-12-14-26-58(53)62(49-20-8-3-9-21-49)59-27-15-13-25-54(59)60/h1-40H. The maximum atomic E-state index is 5.30. The van der Waals surface area contributed by atoms with Crippen molar-refractivity contribution in [1.29, 1.82) is 0 Å². The highest BCUT2D eigenvalue weighted by molar-refractivity contribution is 5.96. The average molecular weight is 789 g/mol. The first-order valence-electron chi connectivity index (χ1n) is 21.4. The van der Waals surface area contributed by atoms with E-state index in [9.17, 15) is 0 Å². The molecule has 0 fully saturated rings. The van der Waals surface area contributed by atoms with Gasteiger partial charge in [-0.1, -0.05) is 200 Å². The predicted molar refractivity (Wildman–Crippen MR) is 257 cm³/mol. The van der Waals surface area contributed by atoms with Crippen LogP contribution in [-0.2, 0) is 5.41 Å². The number of aromatic nitrogens is 1. The molecule has 62 heavy (non-hydrogen) atoms. The van der Waals surface area contributed by atoms with Crippen molar-refractivity contribution in [2.24, 2.45) is 0 Å². The quantitative estimate of drug-likeness (QED) is 0.167. The molecule has 0 saturated heterocycles. The summed E-state index contributed by atoms with van der Waals surface area (Å²) < 4.78 is 0. The molecule has 0 unspecified atom stereocenters. The molecule has 1 aliphatic heterocycles. The van der Waals surface area contributed by atoms with Gasteiger partial charge in [0, 0.05) is 16.8 Å². The van der Waals surface area contributed by atoms with Crippen molar-refractivity contribution in [3.05, 3.63) is 265 Å². The molecule has 9 aromatic carbocycles. The minimum atomic E-state index is -0.502. The summed E-state index contributed by atoms with van der Waals surface area (Å²) in [6.45, 7) is 0. The summed E-state index contributed by atoms with van der Waals surface area (Å²) in [5.74, 6) is 0. The van der Waals surface area contributed by atoms with E-state index in [1.807, 2.05) is 0 Å². The van der Waals surface area contributed by atoms with E-state index in [1.54, 1.807) is 0 Å². The molecule has 290 valence electrons. The van der Waals surface area contributed by atoms with E-state index in [4.69, 9.17) is 4.98 Å². The fourth-order valence-corrected chi connectivity index (χ4v) is 10.1. The Hall–Kier alpha value is -8.07. The van der Waals surface area contributed by atoms with Gasteiger partial charge in [0.15, 0.2) is 0 Å². The monoisotopic (exact) mass is 788 g/mol. The Kier molecular flexibility index (Phi) is 8.43. The predicted octanol–water partition coefficient (Wildman–Crippen LogP) is 15.6. The zero-order valence-electron chi connectivity index (χ0n) is 34.0. The summed E-state index contributed by atoms with van der Waals surface area (Å²) in [4.78, 5) is 7.73. The van der Waals surface area contributed by atoms with Gasteiger partial charge in [0.25, 0.3) is 0 Å². The van der Waals surface area contributed by atoms with Crippen LogP contribution in [0, 0.1) is 0 Å². The molecule has 2 heterocycles. The molecule has 12 rings (SSSR count). The zero-order valence-corrected chi connectivity index (χ0v) is 34.0. The maximum absolute atomic E-state index is 5.30. The molecule has 2 nitrogen and oxygen atoms in total. The van der Waals surface area contributed by atoms with Crippen LogP contribution in [0.1, 0.15) is 22.3 Å². The van der Waals surface area contributed by atoms with Gasteiger partial charge in [-0.05, 0) is 109 Å². The van der Waals surface area contributed by atoms with Gasteiger partial charge in [0.05, 0.1) is 28.2 Å². The van der Waals surface area contributed by atoms with E-state index in [2.05, 4.69) is 248 Å². The highest BCUT2D eigenvalue weighted by Crippen LogP contribution is 2.63. The first-order valence-corrected chi connectivity index (χ1v) is 21.4. The van der Waals surface area contributed by atoms with E-state index < -0.39 is 5.41 Å². The Labute approximate surface area is 362 Å². The topological polar surface area (TPSA) is 16.1 Å². The van der Waals surface area contributed by atoms with Crippen LogP contribution in [0.4, 0.5) is 17.1 Å². The van der Waals surface area contributed by atoms with Gasteiger partial charge in [-0.3, -0.25) is 0 Å². The lowest BCUT2D eigenvalue weighted by Crippen LogP contribution is -2.36. The Morgan fingerprint density at radius 2 is 0.677 bits per heavy atom. The minimum absolute atomic E-state index is 0.502. The van der Waals surface area contributed by atoms with Crippen LogP contribution in [0.2, 0.25) is 0 Å². The van der Waals surface area contributed by atoms with Gasteiger partial charge < -0.3 is 4.90 Å². The van der Waals surface area contributed by atoms with E-state index in [0.29, 0.717) is 0 Å².